The standard InChI is InChI=1S/C18H23N3O4/c1-2-24-17(22)16-12-15-8-9-20(10-11-21(15)19-16)18(23)25-13-14-6-4-3-5-7-14/h3-7,12,17,22H,2,8-11,13H2,1H3. The number of aliphatic hydroxyl groups is 1. The molecule has 3 rings (SSSR count). The molecule has 1 amide bonds. The summed E-state index contributed by atoms with van der Waals surface area (Å²) in [5.74, 6) is 0. The molecule has 1 unspecified atom stereocenters. The van der Waals surface area contributed by atoms with E-state index in [0.717, 1.165) is 11.3 Å². The van der Waals surface area contributed by atoms with Gasteiger partial charge in [-0.05, 0) is 18.6 Å². The van der Waals surface area contributed by atoms with E-state index in [1.54, 1.807) is 4.90 Å². The van der Waals surface area contributed by atoms with Crippen molar-refractivity contribution in [1.29, 1.82) is 0 Å². The molecule has 1 aromatic carbocycles. The quantitative estimate of drug-likeness (QED) is 0.840. The van der Waals surface area contributed by atoms with Gasteiger partial charge in [0, 0.05) is 31.8 Å². The van der Waals surface area contributed by atoms with Gasteiger partial charge in [0.05, 0.1) is 6.54 Å². The molecule has 1 aromatic heterocycles. The van der Waals surface area contributed by atoms with E-state index >= 15 is 0 Å². The van der Waals surface area contributed by atoms with Crippen molar-refractivity contribution in [2.45, 2.75) is 32.8 Å². The minimum Gasteiger partial charge on any atom is -0.445 e. The maximum atomic E-state index is 12.3. The van der Waals surface area contributed by atoms with Gasteiger partial charge in [-0.1, -0.05) is 30.3 Å². The lowest BCUT2D eigenvalue weighted by molar-refractivity contribution is -0.101. The van der Waals surface area contributed by atoms with Crippen LogP contribution in [-0.4, -0.2) is 45.6 Å². The second-order valence-electron chi connectivity index (χ2n) is 5.87. The fraction of sp³-hybridized carbons (Fsp3) is 0.444. The lowest BCUT2D eigenvalue weighted by Gasteiger charge is -2.19. The molecule has 7 nitrogen and oxygen atoms in total. The van der Waals surface area contributed by atoms with Gasteiger partial charge in [0.1, 0.15) is 12.3 Å². The average Bonchev–Trinajstić information content (AvgIpc) is 2.94. The lowest BCUT2D eigenvalue weighted by Crippen LogP contribution is -2.34. The molecule has 1 N–H and O–H groups in total. The number of hydrogen-bond acceptors (Lipinski definition) is 5. The fourth-order valence-electron chi connectivity index (χ4n) is 2.81. The molecular formula is C18H23N3O4. The number of ether oxygens (including phenoxy) is 2. The summed E-state index contributed by atoms with van der Waals surface area (Å²) >= 11 is 0. The topological polar surface area (TPSA) is 76.8 Å². The Bertz CT molecular complexity index is 676. The first-order chi connectivity index (χ1) is 12.2. The first-order valence-corrected chi connectivity index (χ1v) is 8.49. The first-order valence-electron chi connectivity index (χ1n) is 8.49. The first kappa shape index (κ1) is 17.4. The van der Waals surface area contributed by atoms with Crippen LogP contribution in [0.15, 0.2) is 36.4 Å². The molecule has 0 bridgehead atoms. The van der Waals surface area contributed by atoms with Crippen molar-refractivity contribution in [1.82, 2.24) is 14.7 Å². The van der Waals surface area contributed by atoms with E-state index in [2.05, 4.69) is 5.10 Å². The number of carbonyl (C=O) groups is 1. The largest absolute Gasteiger partial charge is 0.445 e. The van der Waals surface area contributed by atoms with Gasteiger partial charge in [0.15, 0.2) is 6.29 Å². The summed E-state index contributed by atoms with van der Waals surface area (Å²) in [6.07, 6.45) is -0.660. The van der Waals surface area contributed by atoms with Gasteiger partial charge >= 0.3 is 6.09 Å². The third kappa shape index (κ3) is 4.37. The number of amides is 1. The van der Waals surface area contributed by atoms with Crippen molar-refractivity contribution < 1.29 is 19.4 Å². The van der Waals surface area contributed by atoms with E-state index in [4.69, 9.17) is 9.47 Å². The highest BCUT2D eigenvalue weighted by Crippen LogP contribution is 2.17. The number of aliphatic hydroxyl groups excluding tert-OH is 1. The Morgan fingerprint density at radius 1 is 1.28 bits per heavy atom. The van der Waals surface area contributed by atoms with Crippen LogP contribution >= 0.6 is 0 Å². The van der Waals surface area contributed by atoms with E-state index in [1.165, 1.54) is 0 Å². The van der Waals surface area contributed by atoms with Crippen LogP contribution in [0.2, 0.25) is 0 Å². The number of rotatable bonds is 5. The second kappa shape index (κ2) is 8.13. The van der Waals surface area contributed by atoms with E-state index in [1.807, 2.05) is 48.0 Å². The monoisotopic (exact) mass is 345 g/mol. The smallest absolute Gasteiger partial charge is 0.410 e. The van der Waals surface area contributed by atoms with Gasteiger partial charge in [-0.15, -0.1) is 0 Å². The fourth-order valence-corrected chi connectivity index (χ4v) is 2.81. The van der Waals surface area contributed by atoms with Gasteiger partial charge < -0.3 is 19.5 Å². The molecule has 0 saturated carbocycles. The van der Waals surface area contributed by atoms with E-state index in [9.17, 15) is 9.90 Å². The molecule has 134 valence electrons. The zero-order valence-corrected chi connectivity index (χ0v) is 14.3. The number of carbonyl (C=O) groups excluding carboxylic acids is 1. The van der Waals surface area contributed by atoms with E-state index in [0.29, 0.717) is 38.4 Å². The van der Waals surface area contributed by atoms with Gasteiger partial charge in [0.25, 0.3) is 0 Å². The SMILES string of the molecule is CCOC(O)c1cc2n(n1)CCN(C(=O)OCc1ccccc1)CC2. The molecule has 25 heavy (non-hydrogen) atoms. The van der Waals surface area contributed by atoms with Crippen LogP contribution in [0.5, 0.6) is 0 Å². The third-order valence-corrected chi connectivity index (χ3v) is 4.14. The Morgan fingerprint density at radius 2 is 2.08 bits per heavy atom. The summed E-state index contributed by atoms with van der Waals surface area (Å²) in [7, 11) is 0. The zero-order chi connectivity index (χ0) is 17.6. The highest BCUT2D eigenvalue weighted by atomic mass is 16.6. The van der Waals surface area contributed by atoms with Crippen molar-refractivity contribution >= 4 is 6.09 Å². The van der Waals surface area contributed by atoms with Crippen molar-refractivity contribution in [3.05, 3.63) is 53.3 Å². The Hall–Kier alpha value is -2.38. The van der Waals surface area contributed by atoms with Crippen LogP contribution in [0.4, 0.5) is 4.79 Å². The van der Waals surface area contributed by atoms with E-state index in [-0.39, 0.29) is 12.7 Å². The molecular weight excluding hydrogens is 322 g/mol. The van der Waals surface area contributed by atoms with Crippen molar-refractivity contribution in [3.63, 3.8) is 0 Å². The van der Waals surface area contributed by atoms with Crippen molar-refractivity contribution in [2.24, 2.45) is 0 Å². The summed E-state index contributed by atoms with van der Waals surface area (Å²) in [5, 5.41) is 14.3. The van der Waals surface area contributed by atoms with Crippen LogP contribution in [0.3, 0.4) is 0 Å². The van der Waals surface area contributed by atoms with Gasteiger partial charge in [-0.2, -0.15) is 5.10 Å². The molecule has 2 aromatic rings. The molecule has 0 radical (unpaired) electrons. The minimum absolute atomic E-state index is 0.269. The predicted molar refractivity (Wildman–Crippen MR) is 90.7 cm³/mol. The van der Waals surface area contributed by atoms with Gasteiger partial charge in [0.2, 0.25) is 0 Å². The van der Waals surface area contributed by atoms with Crippen molar-refractivity contribution in [3.8, 4) is 0 Å². The Morgan fingerprint density at radius 3 is 2.84 bits per heavy atom. The van der Waals surface area contributed by atoms with Crippen LogP contribution in [-0.2, 0) is 29.0 Å². The molecule has 1 aliphatic rings. The summed E-state index contributed by atoms with van der Waals surface area (Å²) in [5.41, 5.74) is 2.46. The highest BCUT2D eigenvalue weighted by Gasteiger charge is 2.22. The highest BCUT2D eigenvalue weighted by molar-refractivity contribution is 5.67. The predicted octanol–water partition coefficient (Wildman–Crippen LogP) is 2.11. The molecule has 0 spiro atoms. The summed E-state index contributed by atoms with van der Waals surface area (Å²) in [6, 6.07) is 11.5. The zero-order valence-electron chi connectivity index (χ0n) is 14.3. The molecule has 1 aliphatic heterocycles. The maximum Gasteiger partial charge on any atom is 0.410 e. The number of hydrogen-bond donors (Lipinski definition) is 1. The number of nitrogens with zero attached hydrogens (tertiary/aromatic N) is 3. The van der Waals surface area contributed by atoms with Crippen LogP contribution in [0.1, 0.15) is 30.2 Å². The van der Waals surface area contributed by atoms with Gasteiger partial charge in [-0.25, -0.2) is 4.79 Å². The average molecular weight is 345 g/mol. The Balaban J connectivity index is 1.55. The molecule has 0 fully saturated rings. The maximum absolute atomic E-state index is 12.3. The molecule has 0 aliphatic carbocycles. The second-order valence-corrected chi connectivity index (χ2v) is 5.87. The molecule has 2 heterocycles. The number of fused-ring (bicyclic) bond motifs is 1. The normalized spacial score (nSPS) is 15.4. The number of benzene rings is 1. The minimum atomic E-state index is -1.00. The Kier molecular flexibility index (Phi) is 5.67. The van der Waals surface area contributed by atoms with Crippen LogP contribution in [0, 0.1) is 0 Å². The third-order valence-electron chi connectivity index (χ3n) is 4.14. The van der Waals surface area contributed by atoms with Crippen LogP contribution < -0.4 is 0 Å². The number of aromatic nitrogens is 2. The Labute approximate surface area is 146 Å². The van der Waals surface area contributed by atoms with E-state index < -0.39 is 6.29 Å². The molecule has 1 atom stereocenters. The molecule has 0 saturated heterocycles. The summed E-state index contributed by atoms with van der Waals surface area (Å²) in [6.45, 7) is 4.16. The summed E-state index contributed by atoms with van der Waals surface area (Å²) in [4.78, 5) is 14.0. The van der Waals surface area contributed by atoms with Crippen LogP contribution in [0.25, 0.3) is 0 Å². The molecule has 7 heteroatoms. The summed E-state index contributed by atoms with van der Waals surface area (Å²) < 4.78 is 12.4. The lowest BCUT2D eigenvalue weighted by atomic mass is 10.2. The van der Waals surface area contributed by atoms with Crippen molar-refractivity contribution in [2.75, 3.05) is 19.7 Å². The van der Waals surface area contributed by atoms with Gasteiger partial charge in [-0.3, -0.25) is 4.68 Å².